The number of aromatic amines is 1. The van der Waals surface area contributed by atoms with Crippen LogP contribution in [0.15, 0.2) is 54.7 Å². The molecule has 0 aliphatic rings. The molecule has 2 aromatic heterocycles. The Kier molecular flexibility index (Phi) is 4.33. The molecule has 26 heavy (non-hydrogen) atoms. The normalized spacial score (nSPS) is 11.1. The van der Waals surface area contributed by atoms with E-state index in [9.17, 15) is 4.79 Å². The van der Waals surface area contributed by atoms with Crippen molar-refractivity contribution in [2.24, 2.45) is 0 Å². The van der Waals surface area contributed by atoms with E-state index >= 15 is 0 Å². The molecule has 4 rings (SSSR count). The summed E-state index contributed by atoms with van der Waals surface area (Å²) < 4.78 is 5.00. The lowest BCUT2D eigenvalue weighted by atomic mass is 10.0. The highest BCUT2D eigenvalue weighted by atomic mass is 16.5. The molecule has 0 fully saturated rings. The Labute approximate surface area is 150 Å². The molecule has 6 heteroatoms. The molecule has 0 atom stereocenters. The van der Waals surface area contributed by atoms with Crippen molar-refractivity contribution in [2.45, 2.75) is 0 Å². The van der Waals surface area contributed by atoms with Crippen molar-refractivity contribution in [1.29, 1.82) is 0 Å². The number of hydrogen-bond donors (Lipinski definition) is 2. The number of nitrogens with zero attached hydrogens (tertiary/aromatic N) is 2. The summed E-state index contributed by atoms with van der Waals surface area (Å²) in [6, 6.07) is 15.5. The van der Waals surface area contributed by atoms with Gasteiger partial charge in [0, 0.05) is 30.8 Å². The fourth-order valence-corrected chi connectivity index (χ4v) is 2.95. The van der Waals surface area contributed by atoms with E-state index in [1.54, 1.807) is 13.3 Å². The first kappa shape index (κ1) is 16.2. The van der Waals surface area contributed by atoms with E-state index in [2.05, 4.69) is 20.3 Å². The molecule has 0 aliphatic heterocycles. The number of amides is 1. The summed E-state index contributed by atoms with van der Waals surface area (Å²) >= 11 is 0. The molecule has 2 heterocycles. The van der Waals surface area contributed by atoms with Gasteiger partial charge < -0.3 is 15.0 Å². The van der Waals surface area contributed by atoms with Gasteiger partial charge in [-0.05, 0) is 30.3 Å². The third kappa shape index (κ3) is 3.02. The number of aromatic nitrogens is 3. The van der Waals surface area contributed by atoms with E-state index in [1.807, 2.05) is 48.5 Å². The molecule has 130 valence electrons. The topological polar surface area (TPSA) is 79.9 Å². The van der Waals surface area contributed by atoms with Crippen LogP contribution in [-0.2, 0) is 4.74 Å². The summed E-state index contributed by atoms with van der Waals surface area (Å²) in [5, 5.41) is 3.75. The Balaban J connectivity index is 1.81. The molecule has 0 unspecified atom stereocenters. The van der Waals surface area contributed by atoms with E-state index in [1.165, 1.54) is 0 Å². The zero-order valence-corrected chi connectivity index (χ0v) is 14.3. The highest BCUT2D eigenvalue weighted by Gasteiger charge is 2.15. The fraction of sp³-hybridized carbons (Fsp3) is 0.150. The quantitative estimate of drug-likeness (QED) is 0.544. The van der Waals surface area contributed by atoms with E-state index in [0.717, 1.165) is 27.8 Å². The Morgan fingerprint density at radius 3 is 2.92 bits per heavy atom. The minimum Gasteiger partial charge on any atom is -0.383 e. The summed E-state index contributed by atoms with van der Waals surface area (Å²) in [6.45, 7) is 0.902. The van der Waals surface area contributed by atoms with Crippen molar-refractivity contribution in [1.82, 2.24) is 20.3 Å². The molecule has 4 aromatic rings. The molecule has 2 aromatic carbocycles. The smallest absolute Gasteiger partial charge is 0.253 e. The number of H-pyrrole nitrogens is 1. The minimum atomic E-state index is -0.177. The average molecular weight is 346 g/mol. The second-order valence-electron chi connectivity index (χ2n) is 5.95. The van der Waals surface area contributed by atoms with Crippen LogP contribution in [0, 0.1) is 0 Å². The lowest BCUT2D eigenvalue weighted by Crippen LogP contribution is -2.27. The standard InChI is InChI=1S/C20H18N4O2/c1-26-10-9-22-20(25)15-12-14(11-13-5-4-8-21-18(13)15)19-23-16-6-2-3-7-17(16)24-19/h2-8,11-12H,9-10H2,1H3,(H,22,25)(H,23,24). The number of rotatable bonds is 5. The van der Waals surface area contributed by atoms with Crippen LogP contribution in [0.25, 0.3) is 33.3 Å². The Bertz CT molecular complexity index is 1050. The number of imidazole rings is 1. The van der Waals surface area contributed by atoms with Gasteiger partial charge in [-0.25, -0.2) is 4.98 Å². The van der Waals surface area contributed by atoms with Gasteiger partial charge in [-0.2, -0.15) is 0 Å². The Hall–Kier alpha value is -3.25. The minimum absolute atomic E-state index is 0.177. The number of methoxy groups -OCH3 is 1. The fourth-order valence-electron chi connectivity index (χ4n) is 2.95. The van der Waals surface area contributed by atoms with Crippen LogP contribution in [0.5, 0.6) is 0 Å². The summed E-state index contributed by atoms with van der Waals surface area (Å²) in [7, 11) is 1.60. The Morgan fingerprint density at radius 1 is 1.19 bits per heavy atom. The third-order valence-corrected chi connectivity index (χ3v) is 4.20. The van der Waals surface area contributed by atoms with Crippen LogP contribution in [0.3, 0.4) is 0 Å². The highest BCUT2D eigenvalue weighted by Crippen LogP contribution is 2.26. The second-order valence-corrected chi connectivity index (χ2v) is 5.95. The Morgan fingerprint density at radius 2 is 2.08 bits per heavy atom. The van der Waals surface area contributed by atoms with E-state index in [-0.39, 0.29) is 5.91 Å². The largest absolute Gasteiger partial charge is 0.383 e. The van der Waals surface area contributed by atoms with Gasteiger partial charge in [-0.1, -0.05) is 18.2 Å². The van der Waals surface area contributed by atoms with E-state index in [0.29, 0.717) is 24.2 Å². The van der Waals surface area contributed by atoms with Crippen LogP contribution in [0.1, 0.15) is 10.4 Å². The molecule has 0 spiro atoms. The molecule has 1 amide bonds. The number of benzene rings is 2. The number of ether oxygens (including phenoxy) is 1. The van der Waals surface area contributed by atoms with Crippen LogP contribution in [-0.4, -0.2) is 41.1 Å². The predicted molar refractivity (Wildman–Crippen MR) is 101 cm³/mol. The molecular formula is C20H18N4O2. The van der Waals surface area contributed by atoms with Crippen molar-refractivity contribution in [3.8, 4) is 11.4 Å². The molecule has 0 radical (unpaired) electrons. The first-order valence-corrected chi connectivity index (χ1v) is 8.37. The maximum Gasteiger partial charge on any atom is 0.253 e. The number of fused-ring (bicyclic) bond motifs is 2. The number of nitrogens with one attached hydrogen (secondary N) is 2. The number of para-hydroxylation sites is 2. The summed E-state index contributed by atoms with van der Waals surface area (Å²) in [5.41, 5.74) is 3.88. The van der Waals surface area contributed by atoms with Crippen LogP contribution in [0.2, 0.25) is 0 Å². The monoisotopic (exact) mass is 346 g/mol. The summed E-state index contributed by atoms with van der Waals surface area (Å²) in [6.07, 6.45) is 1.69. The van der Waals surface area contributed by atoms with Gasteiger partial charge in [0.2, 0.25) is 0 Å². The van der Waals surface area contributed by atoms with Gasteiger partial charge in [-0.15, -0.1) is 0 Å². The van der Waals surface area contributed by atoms with Crippen LogP contribution in [0.4, 0.5) is 0 Å². The lowest BCUT2D eigenvalue weighted by Gasteiger charge is -2.09. The molecule has 0 saturated heterocycles. The van der Waals surface area contributed by atoms with Crippen LogP contribution < -0.4 is 5.32 Å². The first-order chi connectivity index (χ1) is 12.8. The first-order valence-electron chi connectivity index (χ1n) is 8.37. The molecular weight excluding hydrogens is 328 g/mol. The lowest BCUT2D eigenvalue weighted by molar-refractivity contribution is 0.0938. The van der Waals surface area contributed by atoms with Crippen LogP contribution >= 0.6 is 0 Å². The predicted octanol–water partition coefficient (Wildman–Crippen LogP) is 3.15. The summed E-state index contributed by atoms with van der Waals surface area (Å²) in [4.78, 5) is 25.0. The highest BCUT2D eigenvalue weighted by molar-refractivity contribution is 6.07. The van der Waals surface area contributed by atoms with E-state index in [4.69, 9.17) is 4.74 Å². The second kappa shape index (κ2) is 6.93. The number of carbonyl (C=O) groups excluding carboxylic acids is 1. The maximum absolute atomic E-state index is 12.7. The van der Waals surface area contributed by atoms with Crippen molar-refractivity contribution < 1.29 is 9.53 Å². The van der Waals surface area contributed by atoms with Gasteiger partial charge in [0.05, 0.1) is 28.7 Å². The molecule has 0 aliphatic carbocycles. The van der Waals surface area contributed by atoms with Gasteiger partial charge in [0.1, 0.15) is 5.82 Å². The van der Waals surface area contributed by atoms with Gasteiger partial charge in [0.15, 0.2) is 0 Å². The maximum atomic E-state index is 12.7. The zero-order valence-electron chi connectivity index (χ0n) is 14.3. The molecule has 6 nitrogen and oxygen atoms in total. The van der Waals surface area contributed by atoms with Crippen molar-refractivity contribution >= 4 is 27.8 Å². The van der Waals surface area contributed by atoms with Gasteiger partial charge in [-0.3, -0.25) is 9.78 Å². The van der Waals surface area contributed by atoms with Crippen molar-refractivity contribution in [2.75, 3.05) is 20.3 Å². The van der Waals surface area contributed by atoms with Gasteiger partial charge in [0.25, 0.3) is 5.91 Å². The zero-order chi connectivity index (χ0) is 17.9. The number of pyridine rings is 1. The number of hydrogen-bond acceptors (Lipinski definition) is 4. The van der Waals surface area contributed by atoms with Gasteiger partial charge >= 0.3 is 0 Å². The van der Waals surface area contributed by atoms with Crippen molar-refractivity contribution in [3.05, 3.63) is 60.3 Å². The SMILES string of the molecule is COCCNC(=O)c1cc(-c2nc3ccccc3[nH]2)cc2cccnc12. The molecule has 2 N–H and O–H groups in total. The molecule has 0 bridgehead atoms. The molecule has 0 saturated carbocycles. The van der Waals surface area contributed by atoms with E-state index < -0.39 is 0 Å². The third-order valence-electron chi connectivity index (χ3n) is 4.20. The van der Waals surface area contributed by atoms with Crippen molar-refractivity contribution in [3.63, 3.8) is 0 Å². The average Bonchev–Trinajstić information content (AvgIpc) is 3.11. The number of carbonyl (C=O) groups is 1. The summed E-state index contributed by atoms with van der Waals surface area (Å²) in [5.74, 6) is 0.548.